The molecule has 0 bridgehead atoms. The first kappa shape index (κ1) is 19.0. The molecule has 2 rings (SSSR count). The van der Waals surface area contributed by atoms with Crippen LogP contribution in [-0.2, 0) is 23.8 Å². The van der Waals surface area contributed by atoms with E-state index in [1.807, 2.05) is 0 Å². The summed E-state index contributed by atoms with van der Waals surface area (Å²) in [6, 6.07) is 10.0. The molecule has 0 fully saturated rings. The van der Waals surface area contributed by atoms with Crippen molar-refractivity contribution in [3.05, 3.63) is 63.1 Å². The second-order valence-corrected chi connectivity index (χ2v) is 7.34. The zero-order valence-electron chi connectivity index (χ0n) is 12.2. The van der Waals surface area contributed by atoms with Crippen molar-refractivity contribution >= 4 is 50.9 Å². The molecule has 0 aliphatic carbocycles. The van der Waals surface area contributed by atoms with Gasteiger partial charge < -0.3 is 4.74 Å². The van der Waals surface area contributed by atoms with Crippen LogP contribution in [0.4, 0.5) is 0 Å². The highest BCUT2D eigenvalue weighted by Gasteiger charge is 2.32. The quantitative estimate of drug-likeness (QED) is 0.545. The fraction of sp³-hybridized carbons (Fsp3) is 0.133. The first-order valence-electron chi connectivity index (χ1n) is 6.47. The van der Waals surface area contributed by atoms with Gasteiger partial charge in [-0.2, -0.15) is 8.42 Å². The zero-order valence-corrected chi connectivity index (χ0v) is 15.3. The number of hydrogen-bond acceptors (Lipinski definition) is 5. The third kappa shape index (κ3) is 4.20. The second kappa shape index (κ2) is 7.72. The van der Waals surface area contributed by atoms with Gasteiger partial charge >= 0.3 is 5.97 Å². The maximum Gasteiger partial charge on any atom is 0.341 e. The summed E-state index contributed by atoms with van der Waals surface area (Å²) in [5, 5.41) is 0.205. The van der Waals surface area contributed by atoms with Gasteiger partial charge in [0.2, 0.25) is 6.10 Å². The third-order valence-electron chi connectivity index (χ3n) is 2.99. The maximum atomic E-state index is 12.5. The van der Waals surface area contributed by atoms with Gasteiger partial charge in [0.05, 0.1) is 12.1 Å². The fourth-order valence-electron chi connectivity index (χ4n) is 1.86. The molecule has 2 aromatic rings. The first-order valence-corrected chi connectivity index (χ1v) is 9.01. The van der Waals surface area contributed by atoms with Crippen LogP contribution in [0.15, 0.2) is 47.4 Å². The summed E-state index contributed by atoms with van der Waals surface area (Å²) >= 11 is 17.7. The lowest BCUT2D eigenvalue weighted by molar-refractivity contribution is -0.149. The smallest absolute Gasteiger partial charge is 0.341 e. The van der Waals surface area contributed by atoms with Crippen LogP contribution in [0, 0.1) is 0 Å². The monoisotopic (exact) mass is 408 g/mol. The lowest BCUT2D eigenvalue weighted by Gasteiger charge is -2.17. The number of hydrogen-bond donors (Lipinski definition) is 0. The van der Waals surface area contributed by atoms with Crippen molar-refractivity contribution in [3.8, 4) is 0 Å². The van der Waals surface area contributed by atoms with E-state index in [2.05, 4.69) is 4.74 Å². The number of benzene rings is 2. The van der Waals surface area contributed by atoms with Gasteiger partial charge in [-0.25, -0.2) is 8.98 Å². The minimum atomic E-state index is -4.41. The summed E-state index contributed by atoms with van der Waals surface area (Å²) in [6.07, 6.45) is -1.58. The van der Waals surface area contributed by atoms with Crippen molar-refractivity contribution in [3.63, 3.8) is 0 Å². The van der Waals surface area contributed by atoms with E-state index in [0.29, 0.717) is 0 Å². The number of carbonyl (C=O) groups excluding carboxylic acids is 1. The molecule has 24 heavy (non-hydrogen) atoms. The molecule has 0 N–H and O–H groups in total. The molecule has 5 nitrogen and oxygen atoms in total. The molecule has 1 atom stereocenters. The predicted octanol–water partition coefficient (Wildman–Crippen LogP) is 4.27. The topological polar surface area (TPSA) is 69.7 Å². The summed E-state index contributed by atoms with van der Waals surface area (Å²) in [6.45, 7) is 0. The van der Waals surface area contributed by atoms with E-state index in [1.165, 1.54) is 24.3 Å². The first-order chi connectivity index (χ1) is 11.3. The minimum absolute atomic E-state index is 0.0952. The van der Waals surface area contributed by atoms with Crippen LogP contribution in [0.5, 0.6) is 0 Å². The fourth-order valence-corrected chi connectivity index (χ4v) is 3.85. The predicted molar refractivity (Wildman–Crippen MR) is 90.9 cm³/mol. The van der Waals surface area contributed by atoms with Crippen molar-refractivity contribution in [1.29, 1.82) is 0 Å². The highest BCUT2D eigenvalue weighted by atomic mass is 35.5. The van der Waals surface area contributed by atoms with Gasteiger partial charge in [-0.05, 0) is 24.3 Å². The number of halogens is 3. The van der Waals surface area contributed by atoms with E-state index in [9.17, 15) is 13.2 Å². The van der Waals surface area contributed by atoms with Gasteiger partial charge in [-0.15, -0.1) is 0 Å². The Morgan fingerprint density at radius 3 is 2.33 bits per heavy atom. The van der Waals surface area contributed by atoms with Crippen LogP contribution in [0.2, 0.25) is 15.1 Å². The average Bonchev–Trinajstić information content (AvgIpc) is 2.55. The summed E-state index contributed by atoms with van der Waals surface area (Å²) < 4.78 is 34.7. The lowest BCUT2D eigenvalue weighted by Crippen LogP contribution is -2.22. The third-order valence-corrected chi connectivity index (χ3v) is 5.33. The Morgan fingerprint density at radius 1 is 1.04 bits per heavy atom. The van der Waals surface area contributed by atoms with Gasteiger partial charge in [-0.3, -0.25) is 0 Å². The van der Waals surface area contributed by atoms with Crippen LogP contribution in [0.1, 0.15) is 11.7 Å². The molecule has 0 spiro atoms. The highest BCUT2D eigenvalue weighted by Crippen LogP contribution is 2.33. The minimum Gasteiger partial charge on any atom is -0.467 e. The van der Waals surface area contributed by atoms with Gasteiger partial charge in [0.15, 0.2) is 0 Å². The molecule has 0 aliphatic rings. The van der Waals surface area contributed by atoms with Crippen molar-refractivity contribution in [2.45, 2.75) is 11.0 Å². The molecule has 9 heteroatoms. The normalized spacial score (nSPS) is 12.7. The van der Waals surface area contributed by atoms with E-state index in [1.54, 1.807) is 12.1 Å². The van der Waals surface area contributed by atoms with E-state index in [-0.39, 0.29) is 25.5 Å². The summed E-state index contributed by atoms with van der Waals surface area (Å²) in [4.78, 5) is 11.6. The Hall–Kier alpha value is -1.31. The molecule has 0 saturated heterocycles. The van der Waals surface area contributed by atoms with Crippen molar-refractivity contribution in [2.75, 3.05) is 7.11 Å². The molecule has 0 heterocycles. The number of ether oxygens (including phenoxy) is 1. The van der Waals surface area contributed by atoms with Crippen LogP contribution in [0.3, 0.4) is 0 Å². The van der Waals surface area contributed by atoms with Crippen LogP contribution in [0.25, 0.3) is 0 Å². The van der Waals surface area contributed by atoms with E-state index in [4.69, 9.17) is 39.0 Å². The van der Waals surface area contributed by atoms with Crippen molar-refractivity contribution in [2.24, 2.45) is 0 Å². The molecule has 0 saturated carbocycles. The molecule has 0 aromatic heterocycles. The number of methoxy groups -OCH3 is 1. The summed E-state index contributed by atoms with van der Waals surface area (Å²) in [5.74, 6) is -0.926. The van der Waals surface area contributed by atoms with Crippen LogP contribution >= 0.6 is 34.8 Å². The second-order valence-electron chi connectivity index (χ2n) is 4.55. The SMILES string of the molecule is COC(=O)C(OS(=O)(=O)c1cc(Cl)ccc1Cl)c1ccccc1Cl. The number of rotatable bonds is 5. The Bertz CT molecular complexity index is 867. The standard InChI is InChI=1S/C15H11Cl3O5S/c1-22-15(19)14(10-4-2-3-5-11(10)17)23-24(20,21)13-8-9(16)6-7-12(13)18/h2-8,14H,1H3. The van der Waals surface area contributed by atoms with Crippen molar-refractivity contribution in [1.82, 2.24) is 0 Å². The van der Waals surface area contributed by atoms with E-state index in [0.717, 1.165) is 13.2 Å². The molecule has 1 unspecified atom stereocenters. The zero-order chi connectivity index (χ0) is 17.9. The van der Waals surface area contributed by atoms with Crippen LogP contribution < -0.4 is 0 Å². The van der Waals surface area contributed by atoms with Crippen LogP contribution in [-0.4, -0.2) is 21.5 Å². The summed E-state index contributed by atoms with van der Waals surface area (Å²) in [7, 11) is -3.30. The molecular weight excluding hydrogens is 399 g/mol. The Morgan fingerprint density at radius 2 is 1.71 bits per heavy atom. The molecule has 0 radical (unpaired) electrons. The largest absolute Gasteiger partial charge is 0.467 e. The Kier molecular flexibility index (Phi) is 6.11. The average molecular weight is 410 g/mol. The van der Waals surface area contributed by atoms with E-state index >= 15 is 0 Å². The van der Waals surface area contributed by atoms with E-state index < -0.39 is 22.2 Å². The molecule has 0 aliphatic heterocycles. The van der Waals surface area contributed by atoms with Gasteiger partial charge in [-0.1, -0.05) is 53.0 Å². The van der Waals surface area contributed by atoms with Gasteiger partial charge in [0, 0.05) is 15.6 Å². The maximum absolute atomic E-state index is 12.5. The molecule has 2 aromatic carbocycles. The molecule has 128 valence electrons. The number of carbonyl (C=O) groups is 1. The molecule has 0 amide bonds. The van der Waals surface area contributed by atoms with Gasteiger partial charge in [0.1, 0.15) is 4.90 Å². The lowest BCUT2D eigenvalue weighted by atomic mass is 10.1. The molecular formula is C15H11Cl3O5S. The van der Waals surface area contributed by atoms with Crippen molar-refractivity contribution < 1.29 is 22.1 Å². The highest BCUT2D eigenvalue weighted by molar-refractivity contribution is 7.87. The van der Waals surface area contributed by atoms with Gasteiger partial charge in [0.25, 0.3) is 10.1 Å². The summed E-state index contributed by atoms with van der Waals surface area (Å²) in [5.41, 5.74) is 0.146. The number of esters is 1. The Balaban J connectivity index is 2.48. The Labute approximate surface area is 154 Å².